The molecule has 0 radical (unpaired) electrons. The second kappa shape index (κ2) is 6.09. The summed E-state index contributed by atoms with van der Waals surface area (Å²) in [7, 11) is -2.05. The van der Waals surface area contributed by atoms with Gasteiger partial charge in [-0.25, -0.2) is 8.42 Å². The Hall–Kier alpha value is -1.67. The minimum Gasteiger partial charge on any atom is -0.452 e. The zero-order chi connectivity index (χ0) is 17.5. The predicted molar refractivity (Wildman–Crippen MR) is 91.8 cm³/mol. The zero-order valence-electron chi connectivity index (χ0n) is 13.1. The molecule has 8 heteroatoms. The predicted octanol–water partition coefficient (Wildman–Crippen LogP) is 3.39. The van der Waals surface area contributed by atoms with E-state index in [2.05, 4.69) is 15.9 Å². The van der Waals surface area contributed by atoms with Crippen LogP contribution in [0, 0.1) is 0 Å². The molecule has 0 bridgehead atoms. The van der Waals surface area contributed by atoms with Gasteiger partial charge in [-0.15, -0.1) is 0 Å². The summed E-state index contributed by atoms with van der Waals surface area (Å²) in [5.41, 5.74) is 0.893. The number of carbonyl (C=O) groups excluding carboxylic acids is 2. The lowest BCUT2D eigenvalue weighted by atomic mass is 10.0. The summed E-state index contributed by atoms with van der Waals surface area (Å²) in [5.74, 6) is -0.560. The number of hydrogen-bond donors (Lipinski definition) is 0. The molecule has 0 aliphatic rings. The van der Waals surface area contributed by atoms with Gasteiger partial charge in [-0.2, -0.15) is 0 Å². The number of fused-ring (bicyclic) bond motifs is 1. The number of sulfonamides is 1. The van der Waals surface area contributed by atoms with Crippen molar-refractivity contribution in [3.05, 3.63) is 27.9 Å². The van der Waals surface area contributed by atoms with Crippen LogP contribution in [0.25, 0.3) is 11.0 Å². The Bertz CT molecular complexity index is 914. The standard InChI is InChI=1S/C15H16BrNO5S/c1-5-12(19)14-9-6-10(16)11(17(3)23(4,20)21)7-13(9)22-15(14)8(2)18/h6-7H,5H2,1-4H3. The Morgan fingerprint density at radius 3 is 2.39 bits per heavy atom. The van der Waals surface area contributed by atoms with Gasteiger partial charge in [0.1, 0.15) is 5.58 Å². The highest BCUT2D eigenvalue weighted by atomic mass is 79.9. The third kappa shape index (κ3) is 3.18. The second-order valence-corrected chi connectivity index (χ2v) is 8.04. The fourth-order valence-electron chi connectivity index (χ4n) is 2.23. The third-order valence-corrected chi connectivity index (χ3v) is 5.34. The lowest BCUT2D eigenvalue weighted by Crippen LogP contribution is -2.25. The van der Waals surface area contributed by atoms with E-state index in [9.17, 15) is 18.0 Å². The molecule has 0 N–H and O–H groups in total. The fourth-order valence-corrected chi connectivity index (χ4v) is 3.46. The molecule has 124 valence electrons. The summed E-state index contributed by atoms with van der Waals surface area (Å²) in [6, 6.07) is 3.10. The van der Waals surface area contributed by atoms with Crippen molar-refractivity contribution in [1.82, 2.24) is 0 Å². The molecule has 0 aliphatic heterocycles. The van der Waals surface area contributed by atoms with Crippen LogP contribution in [0.15, 0.2) is 21.0 Å². The summed E-state index contributed by atoms with van der Waals surface area (Å²) >= 11 is 3.32. The van der Waals surface area contributed by atoms with Crippen molar-refractivity contribution in [3.63, 3.8) is 0 Å². The van der Waals surface area contributed by atoms with Gasteiger partial charge in [0.2, 0.25) is 10.0 Å². The topological polar surface area (TPSA) is 84.7 Å². The summed E-state index contributed by atoms with van der Waals surface area (Å²) in [6.45, 7) is 3.02. The van der Waals surface area contributed by atoms with Gasteiger partial charge in [-0.05, 0) is 22.0 Å². The van der Waals surface area contributed by atoms with Gasteiger partial charge in [0.05, 0.1) is 17.5 Å². The number of carbonyl (C=O) groups is 2. The Morgan fingerprint density at radius 1 is 1.30 bits per heavy atom. The van der Waals surface area contributed by atoms with E-state index in [4.69, 9.17) is 4.42 Å². The van der Waals surface area contributed by atoms with Gasteiger partial charge in [0.15, 0.2) is 17.3 Å². The van der Waals surface area contributed by atoms with Crippen LogP contribution in [0.1, 0.15) is 41.2 Å². The van der Waals surface area contributed by atoms with Crippen LogP contribution in [-0.4, -0.2) is 33.3 Å². The molecule has 1 aromatic heterocycles. The summed E-state index contributed by atoms with van der Waals surface area (Å²) in [4.78, 5) is 23.9. The smallest absolute Gasteiger partial charge is 0.232 e. The maximum absolute atomic E-state index is 12.2. The van der Waals surface area contributed by atoms with E-state index in [1.165, 1.54) is 20.0 Å². The molecule has 6 nitrogen and oxygen atoms in total. The fraction of sp³-hybridized carbons (Fsp3) is 0.333. The first-order valence-corrected chi connectivity index (χ1v) is 9.46. The van der Waals surface area contributed by atoms with Crippen molar-refractivity contribution in [1.29, 1.82) is 0 Å². The van der Waals surface area contributed by atoms with Crippen molar-refractivity contribution < 1.29 is 22.4 Å². The van der Waals surface area contributed by atoms with Crippen LogP contribution in [0.4, 0.5) is 5.69 Å². The Kier molecular flexibility index (Phi) is 4.68. The molecule has 2 aromatic rings. The molecular formula is C15H16BrNO5S. The summed E-state index contributed by atoms with van der Waals surface area (Å²) < 4.78 is 30.5. The maximum atomic E-state index is 12.2. The molecule has 0 saturated heterocycles. The van der Waals surface area contributed by atoms with E-state index in [1.807, 2.05) is 0 Å². The van der Waals surface area contributed by atoms with Gasteiger partial charge in [0, 0.05) is 36.3 Å². The third-order valence-electron chi connectivity index (χ3n) is 3.51. The van der Waals surface area contributed by atoms with Gasteiger partial charge < -0.3 is 4.42 Å². The van der Waals surface area contributed by atoms with E-state index in [0.717, 1.165) is 10.6 Å². The lowest BCUT2D eigenvalue weighted by Gasteiger charge is -2.18. The highest BCUT2D eigenvalue weighted by Gasteiger charge is 2.25. The van der Waals surface area contributed by atoms with E-state index < -0.39 is 10.0 Å². The molecule has 0 fully saturated rings. The highest BCUT2D eigenvalue weighted by Crippen LogP contribution is 2.36. The van der Waals surface area contributed by atoms with Crippen LogP contribution < -0.4 is 4.31 Å². The maximum Gasteiger partial charge on any atom is 0.232 e. The van der Waals surface area contributed by atoms with Crippen molar-refractivity contribution in [2.45, 2.75) is 20.3 Å². The lowest BCUT2D eigenvalue weighted by molar-refractivity contribution is 0.0952. The van der Waals surface area contributed by atoms with Crippen LogP contribution >= 0.6 is 15.9 Å². The minimum atomic E-state index is -3.46. The van der Waals surface area contributed by atoms with Gasteiger partial charge in [0.25, 0.3) is 0 Å². The van der Waals surface area contributed by atoms with Crippen molar-refractivity contribution >= 4 is 54.2 Å². The Balaban J connectivity index is 2.81. The number of hydrogen-bond acceptors (Lipinski definition) is 5. The average Bonchev–Trinajstić information content (AvgIpc) is 2.82. The first-order chi connectivity index (χ1) is 10.6. The number of nitrogens with zero attached hydrogens (tertiary/aromatic N) is 1. The number of rotatable bonds is 5. The average molecular weight is 402 g/mol. The number of ketones is 2. The molecular weight excluding hydrogens is 386 g/mol. The van der Waals surface area contributed by atoms with Crippen molar-refractivity contribution in [2.75, 3.05) is 17.6 Å². The number of benzene rings is 1. The van der Waals surface area contributed by atoms with Crippen molar-refractivity contribution in [3.8, 4) is 0 Å². The van der Waals surface area contributed by atoms with Crippen molar-refractivity contribution in [2.24, 2.45) is 0 Å². The molecule has 1 heterocycles. The van der Waals surface area contributed by atoms with Crippen LogP contribution in [0.2, 0.25) is 0 Å². The monoisotopic (exact) mass is 401 g/mol. The van der Waals surface area contributed by atoms with E-state index in [0.29, 0.717) is 21.1 Å². The minimum absolute atomic E-state index is 0.00194. The zero-order valence-corrected chi connectivity index (χ0v) is 15.5. The summed E-state index contributed by atoms with van der Waals surface area (Å²) in [5, 5.41) is 0.486. The molecule has 0 spiro atoms. The molecule has 0 unspecified atom stereocenters. The van der Waals surface area contributed by atoms with E-state index in [1.54, 1.807) is 13.0 Å². The van der Waals surface area contributed by atoms with Crippen LogP contribution in [0.5, 0.6) is 0 Å². The van der Waals surface area contributed by atoms with E-state index >= 15 is 0 Å². The largest absolute Gasteiger partial charge is 0.452 e. The molecule has 2 rings (SSSR count). The molecule has 1 aromatic carbocycles. The van der Waals surface area contributed by atoms with Crippen LogP contribution in [-0.2, 0) is 10.0 Å². The quantitative estimate of drug-likeness (QED) is 0.716. The first-order valence-electron chi connectivity index (χ1n) is 6.82. The first kappa shape index (κ1) is 17.7. The molecule has 0 amide bonds. The number of halogens is 1. The molecule has 0 aliphatic carbocycles. The second-order valence-electron chi connectivity index (χ2n) is 5.17. The SMILES string of the molecule is CCC(=O)c1c(C(C)=O)oc2cc(N(C)S(C)(=O)=O)c(Br)cc12. The number of furan rings is 1. The molecule has 0 atom stereocenters. The van der Waals surface area contributed by atoms with Crippen LogP contribution in [0.3, 0.4) is 0 Å². The summed E-state index contributed by atoms with van der Waals surface area (Å²) in [6.07, 6.45) is 1.32. The van der Waals surface area contributed by atoms with Gasteiger partial charge in [-0.3, -0.25) is 13.9 Å². The van der Waals surface area contributed by atoms with Gasteiger partial charge >= 0.3 is 0 Å². The van der Waals surface area contributed by atoms with E-state index in [-0.39, 0.29) is 29.3 Å². The van der Waals surface area contributed by atoms with Gasteiger partial charge in [-0.1, -0.05) is 6.92 Å². The molecule has 23 heavy (non-hydrogen) atoms. The molecule has 0 saturated carbocycles. The highest BCUT2D eigenvalue weighted by molar-refractivity contribution is 9.10. The normalized spacial score (nSPS) is 11.7. The number of Topliss-reactive ketones (excluding diaryl/α,β-unsaturated/α-hetero) is 2. The Labute approximate surface area is 142 Å². The number of anilines is 1. The Morgan fingerprint density at radius 2 is 1.91 bits per heavy atom.